The lowest BCUT2D eigenvalue weighted by molar-refractivity contribution is -0.140. The first-order valence-electron chi connectivity index (χ1n) is 11.0. The largest absolute Gasteiger partial charge is 0.462 e. The molecule has 1 aliphatic heterocycles. The van der Waals surface area contributed by atoms with Crippen LogP contribution in [0, 0.1) is 11.8 Å². The minimum absolute atomic E-state index is 0.0295. The Labute approximate surface area is 180 Å². The van der Waals surface area contributed by atoms with Crippen molar-refractivity contribution in [1.29, 1.82) is 0 Å². The van der Waals surface area contributed by atoms with Crippen molar-refractivity contribution < 1.29 is 23.9 Å². The van der Waals surface area contributed by atoms with E-state index in [0.29, 0.717) is 10.6 Å². The van der Waals surface area contributed by atoms with Crippen molar-refractivity contribution in [3.8, 4) is 0 Å². The number of carbonyl (C=O) groups is 4. The highest BCUT2D eigenvalue weighted by Crippen LogP contribution is 2.39. The number of ether oxygens (including phenoxy) is 1. The predicted octanol–water partition coefficient (Wildman–Crippen LogP) is 3.31. The van der Waals surface area contributed by atoms with Gasteiger partial charge in [0.25, 0.3) is 0 Å². The van der Waals surface area contributed by atoms with E-state index in [1.165, 1.54) is 16.2 Å². The van der Waals surface area contributed by atoms with E-state index in [1.807, 2.05) is 0 Å². The predicted molar refractivity (Wildman–Crippen MR) is 112 cm³/mol. The lowest BCUT2D eigenvalue weighted by atomic mass is 9.81. The maximum Gasteiger partial charge on any atom is 0.341 e. The molecule has 7 nitrogen and oxygen atoms in total. The van der Waals surface area contributed by atoms with E-state index in [9.17, 15) is 19.2 Å². The van der Waals surface area contributed by atoms with Gasteiger partial charge in [-0.15, -0.1) is 11.3 Å². The fourth-order valence-corrected chi connectivity index (χ4v) is 6.22. The van der Waals surface area contributed by atoms with Crippen molar-refractivity contribution in [1.82, 2.24) is 4.90 Å². The molecular weight excluding hydrogens is 404 g/mol. The summed E-state index contributed by atoms with van der Waals surface area (Å²) in [4.78, 5) is 52.7. The summed E-state index contributed by atoms with van der Waals surface area (Å²) in [7, 11) is 0. The second-order valence-electron chi connectivity index (χ2n) is 8.26. The molecule has 162 valence electrons. The highest BCUT2D eigenvalue weighted by molar-refractivity contribution is 7.17. The lowest BCUT2D eigenvalue weighted by Crippen LogP contribution is -2.34. The SMILES string of the molecule is CCOC(=O)c1c(NC(=O)CCN2C(=O)[C@H]3CCCC[C@H]3C2=O)sc2c1CCCC2. The number of imide groups is 1. The Hall–Kier alpha value is -2.22. The van der Waals surface area contributed by atoms with Crippen LogP contribution in [0.5, 0.6) is 0 Å². The highest BCUT2D eigenvalue weighted by atomic mass is 32.1. The molecule has 2 aliphatic carbocycles. The zero-order valence-electron chi connectivity index (χ0n) is 17.3. The molecule has 2 fully saturated rings. The van der Waals surface area contributed by atoms with Crippen LogP contribution in [0.1, 0.15) is 72.7 Å². The minimum atomic E-state index is -0.402. The van der Waals surface area contributed by atoms with Gasteiger partial charge in [-0.2, -0.15) is 0 Å². The first kappa shape index (κ1) is 21.0. The summed E-state index contributed by atoms with van der Waals surface area (Å²) < 4.78 is 5.22. The summed E-state index contributed by atoms with van der Waals surface area (Å²) in [5.41, 5.74) is 1.47. The Morgan fingerprint density at radius 2 is 1.73 bits per heavy atom. The van der Waals surface area contributed by atoms with Crippen LogP contribution in [0.2, 0.25) is 0 Å². The van der Waals surface area contributed by atoms with E-state index in [0.717, 1.165) is 61.8 Å². The number of likely N-dealkylation sites (tertiary alicyclic amines) is 1. The van der Waals surface area contributed by atoms with E-state index >= 15 is 0 Å². The van der Waals surface area contributed by atoms with Crippen LogP contribution in [-0.2, 0) is 32.0 Å². The summed E-state index contributed by atoms with van der Waals surface area (Å²) in [5, 5.41) is 3.38. The fraction of sp³-hybridized carbons (Fsp3) is 0.636. The number of nitrogens with one attached hydrogen (secondary N) is 1. The maximum atomic E-state index is 12.6. The molecular formula is C22H28N2O5S. The maximum absolute atomic E-state index is 12.6. The Morgan fingerprint density at radius 3 is 2.40 bits per heavy atom. The van der Waals surface area contributed by atoms with Gasteiger partial charge in [-0.1, -0.05) is 12.8 Å². The molecule has 0 radical (unpaired) electrons. The quantitative estimate of drug-likeness (QED) is 0.550. The molecule has 1 saturated heterocycles. The summed E-state index contributed by atoms with van der Waals surface area (Å²) in [5.74, 6) is -1.36. The number of rotatable bonds is 6. The van der Waals surface area contributed by atoms with Gasteiger partial charge in [0.05, 0.1) is 24.0 Å². The highest BCUT2D eigenvalue weighted by Gasteiger charge is 2.47. The third-order valence-corrected chi connectivity index (χ3v) is 7.61. The summed E-state index contributed by atoms with van der Waals surface area (Å²) in [6.45, 7) is 2.13. The van der Waals surface area contributed by atoms with Gasteiger partial charge < -0.3 is 10.1 Å². The van der Waals surface area contributed by atoms with Crippen LogP contribution < -0.4 is 5.32 Å². The molecule has 1 aromatic heterocycles. The summed E-state index contributed by atoms with van der Waals surface area (Å²) in [6.07, 6.45) is 7.33. The topological polar surface area (TPSA) is 92.8 Å². The van der Waals surface area contributed by atoms with Gasteiger partial charge in [0.2, 0.25) is 17.7 Å². The molecule has 0 spiro atoms. The molecule has 3 amide bonds. The number of carbonyl (C=O) groups excluding carboxylic acids is 4. The molecule has 3 aliphatic rings. The van der Waals surface area contributed by atoms with Crippen LogP contribution in [0.4, 0.5) is 5.00 Å². The molecule has 1 aromatic rings. The van der Waals surface area contributed by atoms with Crippen LogP contribution in [0.15, 0.2) is 0 Å². The first-order chi connectivity index (χ1) is 14.5. The van der Waals surface area contributed by atoms with Crippen LogP contribution in [0.3, 0.4) is 0 Å². The van der Waals surface area contributed by atoms with Gasteiger partial charge in [-0.3, -0.25) is 19.3 Å². The normalized spacial score (nSPS) is 23.2. The third kappa shape index (κ3) is 3.89. The number of thiophene rings is 1. The Balaban J connectivity index is 1.43. The Morgan fingerprint density at radius 1 is 1.07 bits per heavy atom. The molecule has 2 heterocycles. The van der Waals surface area contributed by atoms with E-state index in [-0.39, 0.29) is 49.1 Å². The van der Waals surface area contributed by atoms with Crippen molar-refractivity contribution in [2.45, 2.75) is 64.7 Å². The number of aryl methyl sites for hydroxylation is 1. The van der Waals surface area contributed by atoms with E-state index in [2.05, 4.69) is 5.32 Å². The fourth-order valence-electron chi connectivity index (χ4n) is 4.93. The molecule has 0 aromatic carbocycles. The number of anilines is 1. The average Bonchev–Trinajstić information content (AvgIpc) is 3.22. The van der Waals surface area contributed by atoms with Gasteiger partial charge in [-0.25, -0.2) is 4.79 Å². The van der Waals surface area contributed by atoms with Crippen molar-refractivity contribution in [3.63, 3.8) is 0 Å². The molecule has 4 rings (SSSR count). The van der Waals surface area contributed by atoms with Crippen LogP contribution in [-0.4, -0.2) is 41.7 Å². The second-order valence-corrected chi connectivity index (χ2v) is 9.36. The van der Waals surface area contributed by atoms with Gasteiger partial charge in [0.15, 0.2) is 0 Å². The smallest absolute Gasteiger partial charge is 0.341 e. The average molecular weight is 433 g/mol. The number of hydrogen-bond donors (Lipinski definition) is 1. The number of esters is 1. The van der Waals surface area contributed by atoms with Crippen molar-refractivity contribution in [3.05, 3.63) is 16.0 Å². The molecule has 1 N–H and O–H groups in total. The minimum Gasteiger partial charge on any atom is -0.462 e. The molecule has 8 heteroatoms. The number of hydrogen-bond acceptors (Lipinski definition) is 6. The first-order valence-corrected chi connectivity index (χ1v) is 11.8. The number of fused-ring (bicyclic) bond motifs is 2. The van der Waals surface area contributed by atoms with Crippen LogP contribution >= 0.6 is 11.3 Å². The Bertz CT molecular complexity index is 853. The molecule has 0 bridgehead atoms. The van der Waals surface area contributed by atoms with Gasteiger partial charge in [-0.05, 0) is 51.0 Å². The molecule has 2 atom stereocenters. The second kappa shape index (κ2) is 8.88. The van der Waals surface area contributed by atoms with Crippen molar-refractivity contribution >= 4 is 40.0 Å². The van der Waals surface area contributed by atoms with E-state index in [4.69, 9.17) is 4.74 Å². The van der Waals surface area contributed by atoms with Gasteiger partial charge in [0.1, 0.15) is 5.00 Å². The summed E-state index contributed by atoms with van der Waals surface area (Å²) >= 11 is 1.44. The zero-order chi connectivity index (χ0) is 21.3. The van der Waals surface area contributed by atoms with Crippen LogP contribution in [0.25, 0.3) is 0 Å². The Kier molecular flexibility index (Phi) is 6.22. The molecule has 0 unspecified atom stereocenters. The summed E-state index contributed by atoms with van der Waals surface area (Å²) in [6, 6.07) is 0. The number of nitrogens with zero attached hydrogens (tertiary/aromatic N) is 1. The van der Waals surface area contributed by atoms with Gasteiger partial charge in [0, 0.05) is 17.8 Å². The molecule has 1 saturated carbocycles. The van der Waals surface area contributed by atoms with Crippen molar-refractivity contribution in [2.24, 2.45) is 11.8 Å². The van der Waals surface area contributed by atoms with Gasteiger partial charge >= 0.3 is 5.97 Å². The standard InChI is InChI=1S/C22H28N2O5S/c1-2-29-22(28)18-15-9-5-6-10-16(15)30-19(18)23-17(25)11-12-24-20(26)13-7-3-4-8-14(13)21(24)27/h13-14H,2-12H2,1H3,(H,23,25)/t13-,14+. The lowest BCUT2D eigenvalue weighted by Gasteiger charge is -2.19. The molecule has 30 heavy (non-hydrogen) atoms. The van der Waals surface area contributed by atoms with E-state index in [1.54, 1.807) is 6.92 Å². The van der Waals surface area contributed by atoms with E-state index < -0.39 is 5.97 Å². The van der Waals surface area contributed by atoms with Crippen molar-refractivity contribution in [2.75, 3.05) is 18.5 Å². The number of amides is 3. The third-order valence-electron chi connectivity index (χ3n) is 6.40. The monoisotopic (exact) mass is 432 g/mol. The zero-order valence-corrected chi connectivity index (χ0v) is 18.1.